The maximum atomic E-state index is 13.0. The molecule has 8 nitrogen and oxygen atoms in total. The van der Waals surface area contributed by atoms with Crippen molar-refractivity contribution < 1.29 is 29.0 Å². The van der Waals surface area contributed by atoms with Crippen molar-refractivity contribution in [3.63, 3.8) is 0 Å². The van der Waals surface area contributed by atoms with Gasteiger partial charge in [0.05, 0.1) is 23.4 Å². The number of thioether (sulfide) groups is 1. The van der Waals surface area contributed by atoms with Crippen molar-refractivity contribution >= 4 is 51.9 Å². The Morgan fingerprint density at radius 2 is 2.10 bits per heavy atom. The number of hydrogen-bond acceptors (Lipinski definition) is 9. The number of thiophene rings is 1. The average molecular weight is 433 g/mol. The van der Waals surface area contributed by atoms with Gasteiger partial charge in [-0.2, -0.15) is 0 Å². The van der Waals surface area contributed by atoms with Crippen molar-refractivity contribution in [2.45, 2.75) is 37.0 Å². The van der Waals surface area contributed by atoms with Crippen LogP contribution in [0.3, 0.4) is 0 Å². The van der Waals surface area contributed by atoms with Crippen LogP contribution in [0.1, 0.15) is 45.9 Å². The second kappa shape index (κ2) is 8.75. The maximum Gasteiger partial charge on any atom is 0.341 e. The van der Waals surface area contributed by atoms with Gasteiger partial charge in [-0.05, 0) is 31.5 Å². The zero-order valence-corrected chi connectivity index (χ0v) is 17.3. The average Bonchev–Trinajstić information content (AvgIpc) is 3.23. The molecule has 1 aliphatic rings. The molecule has 1 aliphatic heterocycles. The zero-order valence-electron chi connectivity index (χ0n) is 15.7. The smallest absolute Gasteiger partial charge is 0.341 e. The lowest BCUT2D eigenvalue weighted by Gasteiger charge is -2.15. The fourth-order valence-corrected chi connectivity index (χ4v) is 5.02. The van der Waals surface area contributed by atoms with Crippen LogP contribution in [0.15, 0.2) is 29.4 Å². The minimum atomic E-state index is -1.41. The number of amides is 2. The van der Waals surface area contributed by atoms with Gasteiger partial charge in [0.25, 0.3) is 0 Å². The van der Waals surface area contributed by atoms with E-state index in [1.807, 2.05) is 6.92 Å². The van der Waals surface area contributed by atoms with Gasteiger partial charge in [0, 0.05) is 23.1 Å². The van der Waals surface area contributed by atoms with E-state index in [0.717, 1.165) is 21.5 Å². The summed E-state index contributed by atoms with van der Waals surface area (Å²) in [7, 11) is 0. The van der Waals surface area contributed by atoms with Crippen molar-refractivity contribution in [1.82, 2.24) is 4.98 Å². The topological polar surface area (TPSA) is 117 Å². The molecule has 2 aromatic rings. The molecule has 0 N–H and O–H groups in total. The number of aromatic nitrogens is 1. The number of esters is 1. The SMILES string of the molecule is CCOC(=O)c1cc(CC)sc1N1C(=O)CC(Sc2ncccc2C(=O)[O-])C1=O. The van der Waals surface area contributed by atoms with Gasteiger partial charge in [-0.1, -0.05) is 18.7 Å². The lowest BCUT2D eigenvalue weighted by Crippen LogP contribution is -2.32. The number of carboxylic acids is 1. The molecule has 0 spiro atoms. The number of pyridine rings is 1. The predicted octanol–water partition coefficient (Wildman–Crippen LogP) is 1.67. The Hall–Kier alpha value is -2.72. The first-order chi connectivity index (χ1) is 13.9. The number of hydrogen-bond donors (Lipinski definition) is 0. The highest BCUT2D eigenvalue weighted by Crippen LogP contribution is 2.39. The third kappa shape index (κ3) is 4.18. The van der Waals surface area contributed by atoms with E-state index < -0.39 is 29.0 Å². The van der Waals surface area contributed by atoms with Gasteiger partial charge in [-0.25, -0.2) is 14.7 Å². The molecule has 152 valence electrons. The summed E-state index contributed by atoms with van der Waals surface area (Å²) in [5.41, 5.74) is 0.0297. The summed E-state index contributed by atoms with van der Waals surface area (Å²) < 4.78 is 5.05. The summed E-state index contributed by atoms with van der Waals surface area (Å²) in [4.78, 5) is 55.0. The van der Waals surface area contributed by atoms with Crippen LogP contribution in [0.25, 0.3) is 0 Å². The summed E-state index contributed by atoms with van der Waals surface area (Å²) in [6, 6.07) is 4.41. The van der Waals surface area contributed by atoms with Crippen LogP contribution in [0.5, 0.6) is 0 Å². The fourth-order valence-electron chi connectivity index (χ4n) is 2.81. The van der Waals surface area contributed by atoms with Crippen molar-refractivity contribution in [2.75, 3.05) is 11.5 Å². The summed E-state index contributed by atoms with van der Waals surface area (Å²) in [6.07, 6.45) is 1.90. The van der Waals surface area contributed by atoms with E-state index >= 15 is 0 Å². The second-order valence-electron chi connectivity index (χ2n) is 6.03. The van der Waals surface area contributed by atoms with Gasteiger partial charge in [0.2, 0.25) is 11.8 Å². The third-order valence-corrected chi connectivity index (χ3v) is 6.63. The molecule has 1 fully saturated rings. The Kier molecular flexibility index (Phi) is 6.33. The van der Waals surface area contributed by atoms with Crippen LogP contribution in [-0.2, 0) is 20.7 Å². The highest BCUT2D eigenvalue weighted by Gasteiger charge is 2.43. The number of carbonyl (C=O) groups excluding carboxylic acids is 4. The minimum Gasteiger partial charge on any atom is -0.545 e. The van der Waals surface area contributed by atoms with E-state index in [1.54, 1.807) is 13.0 Å². The summed E-state index contributed by atoms with van der Waals surface area (Å²) in [6.45, 7) is 3.74. The minimum absolute atomic E-state index is 0.103. The van der Waals surface area contributed by atoms with E-state index in [2.05, 4.69) is 4.98 Å². The molecular weight excluding hydrogens is 416 g/mol. The summed E-state index contributed by atoms with van der Waals surface area (Å²) in [5.74, 6) is -3.00. The molecule has 29 heavy (non-hydrogen) atoms. The normalized spacial score (nSPS) is 16.3. The van der Waals surface area contributed by atoms with Gasteiger partial charge in [-0.15, -0.1) is 11.3 Å². The van der Waals surface area contributed by atoms with Crippen molar-refractivity contribution in [1.29, 1.82) is 0 Å². The highest BCUT2D eigenvalue weighted by molar-refractivity contribution is 8.00. The number of carboxylic acid groups (broad SMARTS) is 1. The van der Waals surface area contributed by atoms with Crippen molar-refractivity contribution in [2.24, 2.45) is 0 Å². The molecule has 1 saturated heterocycles. The quantitative estimate of drug-likeness (QED) is 0.478. The molecule has 0 aliphatic carbocycles. The lowest BCUT2D eigenvalue weighted by atomic mass is 10.2. The molecule has 10 heteroatoms. The Morgan fingerprint density at radius 3 is 2.76 bits per heavy atom. The molecule has 0 saturated carbocycles. The molecule has 0 bridgehead atoms. The predicted molar refractivity (Wildman–Crippen MR) is 105 cm³/mol. The van der Waals surface area contributed by atoms with Crippen LogP contribution in [0.4, 0.5) is 5.00 Å². The second-order valence-corrected chi connectivity index (χ2v) is 8.33. The number of ether oxygens (including phenoxy) is 1. The molecule has 0 aromatic carbocycles. The van der Waals surface area contributed by atoms with E-state index in [1.165, 1.54) is 29.7 Å². The molecule has 2 amide bonds. The van der Waals surface area contributed by atoms with Crippen LogP contribution < -0.4 is 10.0 Å². The van der Waals surface area contributed by atoms with Crippen LogP contribution in [-0.4, -0.2) is 40.6 Å². The first kappa shape index (κ1) is 21.0. The first-order valence-electron chi connectivity index (χ1n) is 8.87. The largest absolute Gasteiger partial charge is 0.545 e. The molecule has 0 radical (unpaired) electrons. The maximum absolute atomic E-state index is 13.0. The Labute approximate surface area is 174 Å². The summed E-state index contributed by atoms with van der Waals surface area (Å²) in [5, 5.41) is 10.8. The number of aryl methyl sites for hydroxylation is 1. The number of rotatable bonds is 7. The molecule has 1 unspecified atom stereocenters. The standard InChI is InChI=1S/C19H18N2O6S2/c1-3-10-8-12(19(26)27-4-2)17(28-10)21-14(22)9-13(16(21)23)29-15-11(18(24)25)6-5-7-20-15/h5-8,13H,3-4,9H2,1-2H3,(H,24,25)/p-1. The van der Waals surface area contributed by atoms with Gasteiger partial charge in [0.15, 0.2) is 0 Å². The van der Waals surface area contributed by atoms with Gasteiger partial charge in [0.1, 0.15) is 10.0 Å². The van der Waals surface area contributed by atoms with Crippen LogP contribution in [0, 0.1) is 0 Å². The van der Waals surface area contributed by atoms with E-state index in [9.17, 15) is 24.3 Å². The number of aromatic carboxylic acids is 1. The molecule has 1 atom stereocenters. The zero-order chi connectivity index (χ0) is 21.1. The van der Waals surface area contributed by atoms with Gasteiger partial charge < -0.3 is 14.6 Å². The van der Waals surface area contributed by atoms with Gasteiger partial charge >= 0.3 is 5.97 Å². The van der Waals surface area contributed by atoms with E-state index in [-0.39, 0.29) is 34.2 Å². The Morgan fingerprint density at radius 1 is 1.34 bits per heavy atom. The van der Waals surface area contributed by atoms with Crippen LogP contribution >= 0.6 is 23.1 Å². The molecule has 3 heterocycles. The van der Waals surface area contributed by atoms with Crippen molar-refractivity contribution in [3.05, 3.63) is 40.4 Å². The molecule has 2 aromatic heterocycles. The Bertz CT molecular complexity index is 987. The monoisotopic (exact) mass is 433 g/mol. The fraction of sp³-hybridized carbons (Fsp3) is 0.316. The number of carbonyl (C=O) groups is 4. The van der Waals surface area contributed by atoms with Crippen molar-refractivity contribution in [3.8, 4) is 0 Å². The molecule has 3 rings (SSSR count). The number of anilines is 1. The number of imide groups is 1. The molecular formula is C19H17N2O6S2-. The lowest BCUT2D eigenvalue weighted by molar-refractivity contribution is -0.255. The first-order valence-corrected chi connectivity index (χ1v) is 10.6. The Balaban J connectivity index is 1.91. The van der Waals surface area contributed by atoms with Gasteiger partial charge in [-0.3, -0.25) is 9.59 Å². The highest BCUT2D eigenvalue weighted by atomic mass is 32.2. The van der Waals surface area contributed by atoms with E-state index in [0.29, 0.717) is 6.42 Å². The van der Waals surface area contributed by atoms with E-state index in [4.69, 9.17) is 4.74 Å². The van der Waals surface area contributed by atoms with Crippen LogP contribution in [0.2, 0.25) is 0 Å². The summed E-state index contributed by atoms with van der Waals surface area (Å²) >= 11 is 2.09. The number of nitrogens with zero attached hydrogens (tertiary/aromatic N) is 2. The third-order valence-electron chi connectivity index (χ3n) is 4.16.